The summed E-state index contributed by atoms with van der Waals surface area (Å²) in [6, 6.07) is 11.4. The van der Waals surface area contributed by atoms with Crippen molar-refractivity contribution < 1.29 is 14.6 Å². The lowest BCUT2D eigenvalue weighted by atomic mass is 10.2. The number of amides is 1. The Morgan fingerprint density at radius 2 is 1.79 bits per heavy atom. The number of rotatable bonds is 4. The molecule has 0 saturated carbocycles. The zero-order chi connectivity index (χ0) is 13.8. The van der Waals surface area contributed by atoms with E-state index < -0.39 is 5.91 Å². The molecule has 2 rings (SSSR count). The third kappa shape index (κ3) is 3.23. The second kappa shape index (κ2) is 5.41. The van der Waals surface area contributed by atoms with Crippen LogP contribution in [-0.4, -0.2) is 11.0 Å². The lowest BCUT2D eigenvalue weighted by Crippen LogP contribution is -2.10. The van der Waals surface area contributed by atoms with Crippen LogP contribution in [0, 0.1) is 0 Å². The lowest BCUT2D eigenvalue weighted by Gasteiger charge is -2.08. The highest BCUT2D eigenvalue weighted by Crippen LogP contribution is 2.26. The Morgan fingerprint density at radius 3 is 2.37 bits per heavy atom. The third-order valence-corrected chi connectivity index (χ3v) is 2.57. The molecule has 5 nitrogen and oxygen atoms in total. The number of carbonyl (C=O) groups is 1. The van der Waals surface area contributed by atoms with Gasteiger partial charge in [0.2, 0.25) is 5.91 Å². The van der Waals surface area contributed by atoms with Crippen LogP contribution >= 0.6 is 0 Å². The number of nitrogens with two attached hydrogens (primary N) is 2. The zero-order valence-corrected chi connectivity index (χ0v) is 10.2. The summed E-state index contributed by atoms with van der Waals surface area (Å²) in [7, 11) is 0. The number of phenols is 1. The van der Waals surface area contributed by atoms with Gasteiger partial charge >= 0.3 is 0 Å². The van der Waals surface area contributed by atoms with Crippen LogP contribution in [0.25, 0.3) is 0 Å². The Kier molecular flexibility index (Phi) is 3.68. The Hall–Kier alpha value is -2.53. The summed E-state index contributed by atoms with van der Waals surface area (Å²) in [6.45, 7) is 0.457. The fraction of sp³-hybridized carbons (Fsp3) is 0.0714. The highest BCUT2D eigenvalue weighted by molar-refractivity contribution is 5.93. The average molecular weight is 258 g/mol. The summed E-state index contributed by atoms with van der Waals surface area (Å²) in [4.78, 5) is 11.1. The summed E-state index contributed by atoms with van der Waals surface area (Å²) < 4.78 is 5.54. The van der Waals surface area contributed by atoms with Gasteiger partial charge in [-0.15, -0.1) is 0 Å². The van der Waals surface area contributed by atoms with E-state index >= 15 is 0 Å². The molecular weight excluding hydrogens is 244 g/mol. The molecule has 19 heavy (non-hydrogen) atoms. The van der Waals surface area contributed by atoms with Gasteiger partial charge in [0.05, 0.1) is 0 Å². The van der Waals surface area contributed by atoms with Gasteiger partial charge in [-0.25, -0.2) is 0 Å². The van der Waals surface area contributed by atoms with Crippen LogP contribution in [0.3, 0.4) is 0 Å². The average Bonchev–Trinajstić information content (AvgIpc) is 2.39. The normalized spacial score (nSPS) is 10.2. The molecule has 0 unspecified atom stereocenters. The minimum absolute atomic E-state index is 0.0788. The first kappa shape index (κ1) is 12.9. The Balaban J connectivity index is 2.24. The quantitative estimate of drug-likeness (QED) is 0.777. The Labute approximate surface area is 110 Å². The molecule has 0 aromatic heterocycles. The van der Waals surface area contributed by atoms with Gasteiger partial charge in [-0.3, -0.25) is 4.79 Å². The third-order valence-electron chi connectivity index (χ3n) is 2.57. The maximum Gasteiger partial charge on any atom is 0.248 e. The maximum absolute atomic E-state index is 11.1. The van der Waals surface area contributed by atoms with Crippen molar-refractivity contribution in [1.82, 2.24) is 0 Å². The zero-order valence-electron chi connectivity index (χ0n) is 10.2. The summed E-state index contributed by atoms with van der Waals surface area (Å²) in [5, 5.41) is 9.50. The van der Waals surface area contributed by atoms with Crippen molar-refractivity contribution in [3.63, 3.8) is 0 Å². The maximum atomic E-state index is 11.1. The molecule has 0 spiro atoms. The Bertz CT molecular complexity index is 594. The number of primary amides is 1. The molecule has 2 aromatic rings. The molecule has 0 radical (unpaired) electrons. The van der Waals surface area contributed by atoms with Crippen molar-refractivity contribution in [2.24, 2.45) is 11.5 Å². The molecule has 2 aromatic carbocycles. The lowest BCUT2D eigenvalue weighted by molar-refractivity contribution is 0.0999. The first-order valence-electron chi connectivity index (χ1n) is 5.69. The van der Waals surface area contributed by atoms with E-state index in [-0.39, 0.29) is 11.3 Å². The number of hydrogen-bond donors (Lipinski definition) is 3. The van der Waals surface area contributed by atoms with E-state index in [9.17, 15) is 9.90 Å². The summed E-state index contributed by atoms with van der Waals surface area (Å²) in [5.41, 5.74) is 11.8. The van der Waals surface area contributed by atoms with Crippen molar-refractivity contribution in [2.45, 2.75) is 6.54 Å². The summed E-state index contributed by atoms with van der Waals surface area (Å²) in [6.07, 6.45) is 0. The molecule has 0 aliphatic heterocycles. The van der Waals surface area contributed by atoms with Crippen LogP contribution in [0.15, 0.2) is 42.5 Å². The molecule has 0 saturated heterocycles. The number of carbonyl (C=O) groups excluding carboxylic acids is 1. The molecule has 0 fully saturated rings. The predicted octanol–water partition coefficient (Wildman–Crippen LogP) is 1.74. The minimum Gasteiger partial charge on any atom is -0.508 e. The van der Waals surface area contributed by atoms with Crippen LogP contribution in [-0.2, 0) is 6.54 Å². The largest absolute Gasteiger partial charge is 0.508 e. The number of benzene rings is 2. The van der Waals surface area contributed by atoms with Gasteiger partial charge in [0.15, 0.2) is 0 Å². The number of phenolic OH excluding ortho intramolecular Hbond substituents is 1. The van der Waals surface area contributed by atoms with Gasteiger partial charge < -0.3 is 21.3 Å². The molecule has 0 bridgehead atoms. The summed E-state index contributed by atoms with van der Waals surface area (Å²) >= 11 is 0. The molecule has 0 atom stereocenters. The van der Waals surface area contributed by atoms with E-state index in [0.717, 1.165) is 5.56 Å². The Morgan fingerprint density at radius 1 is 1.11 bits per heavy atom. The van der Waals surface area contributed by atoms with E-state index in [0.29, 0.717) is 18.0 Å². The van der Waals surface area contributed by atoms with Gasteiger partial charge in [0.1, 0.15) is 17.2 Å². The van der Waals surface area contributed by atoms with Crippen molar-refractivity contribution in [2.75, 3.05) is 0 Å². The van der Waals surface area contributed by atoms with E-state index in [2.05, 4.69) is 0 Å². The van der Waals surface area contributed by atoms with Crippen molar-refractivity contribution in [3.05, 3.63) is 53.6 Å². The molecule has 98 valence electrons. The smallest absolute Gasteiger partial charge is 0.248 e. The minimum atomic E-state index is -0.626. The van der Waals surface area contributed by atoms with Crippen LogP contribution in [0.4, 0.5) is 0 Å². The monoisotopic (exact) mass is 258 g/mol. The SMILES string of the molecule is NCc1ccc(Oc2cc(O)cc(C(N)=O)c2)cc1. The van der Waals surface area contributed by atoms with Crippen LogP contribution in [0.1, 0.15) is 15.9 Å². The van der Waals surface area contributed by atoms with Gasteiger partial charge in [-0.05, 0) is 29.8 Å². The second-order valence-corrected chi connectivity index (χ2v) is 4.03. The first-order chi connectivity index (χ1) is 9.08. The van der Waals surface area contributed by atoms with Crippen LogP contribution in [0.2, 0.25) is 0 Å². The van der Waals surface area contributed by atoms with Crippen molar-refractivity contribution >= 4 is 5.91 Å². The van der Waals surface area contributed by atoms with Crippen LogP contribution < -0.4 is 16.2 Å². The topological polar surface area (TPSA) is 98.6 Å². The molecule has 5 heteroatoms. The van der Waals surface area contributed by atoms with Crippen LogP contribution in [0.5, 0.6) is 17.2 Å². The van der Waals surface area contributed by atoms with Gasteiger partial charge in [-0.2, -0.15) is 0 Å². The molecular formula is C14H14N2O3. The van der Waals surface area contributed by atoms with Gasteiger partial charge in [0.25, 0.3) is 0 Å². The van der Waals surface area contributed by atoms with Crippen molar-refractivity contribution in [3.8, 4) is 17.2 Å². The second-order valence-electron chi connectivity index (χ2n) is 4.03. The van der Waals surface area contributed by atoms with Gasteiger partial charge in [0, 0.05) is 18.2 Å². The van der Waals surface area contributed by atoms with Crippen molar-refractivity contribution in [1.29, 1.82) is 0 Å². The van der Waals surface area contributed by atoms with E-state index in [4.69, 9.17) is 16.2 Å². The first-order valence-corrected chi connectivity index (χ1v) is 5.69. The molecule has 5 N–H and O–H groups in total. The number of hydrogen-bond acceptors (Lipinski definition) is 4. The predicted molar refractivity (Wildman–Crippen MR) is 71.0 cm³/mol. The van der Waals surface area contributed by atoms with E-state index in [1.54, 1.807) is 12.1 Å². The molecule has 0 aliphatic carbocycles. The molecule has 0 aliphatic rings. The standard InChI is InChI=1S/C14H14N2O3/c15-8-9-1-3-12(4-2-9)19-13-6-10(14(16)18)5-11(17)7-13/h1-7,17H,8,15H2,(H2,16,18). The number of aromatic hydroxyl groups is 1. The van der Waals surface area contributed by atoms with Gasteiger partial charge in [-0.1, -0.05) is 12.1 Å². The fourth-order valence-corrected chi connectivity index (χ4v) is 1.61. The van der Waals surface area contributed by atoms with E-state index in [1.165, 1.54) is 18.2 Å². The van der Waals surface area contributed by atoms with E-state index in [1.807, 2.05) is 12.1 Å². The highest BCUT2D eigenvalue weighted by Gasteiger charge is 2.06. The number of ether oxygens (including phenoxy) is 1. The molecule has 1 amide bonds. The molecule has 0 heterocycles. The fourth-order valence-electron chi connectivity index (χ4n) is 1.61. The summed E-state index contributed by atoms with van der Waals surface area (Å²) in [5.74, 6) is 0.219. The highest BCUT2D eigenvalue weighted by atomic mass is 16.5.